The van der Waals surface area contributed by atoms with Gasteiger partial charge in [-0.3, -0.25) is 0 Å². The van der Waals surface area contributed by atoms with Crippen molar-refractivity contribution in [3.05, 3.63) is 17.0 Å². The van der Waals surface area contributed by atoms with Gasteiger partial charge in [-0.05, 0) is 12.1 Å². The van der Waals surface area contributed by atoms with Crippen LogP contribution < -0.4 is 4.74 Å². The third-order valence-corrected chi connectivity index (χ3v) is 1.84. The van der Waals surface area contributed by atoms with E-state index in [0.29, 0.717) is 4.88 Å². The largest absolute Gasteiger partial charge is 0.487 e. The van der Waals surface area contributed by atoms with E-state index >= 15 is 0 Å². The lowest BCUT2D eigenvalue weighted by atomic mass is 10.5. The Labute approximate surface area is 57.3 Å². The minimum absolute atomic E-state index is 0.687. The Morgan fingerprint density at radius 1 is 1.67 bits per heavy atom. The van der Waals surface area contributed by atoms with Gasteiger partial charge in [0, 0.05) is 0 Å². The molecule has 0 amide bonds. The van der Waals surface area contributed by atoms with Crippen LogP contribution in [-0.2, 0) is 0 Å². The Balaban J connectivity index is 2.90. The van der Waals surface area contributed by atoms with Gasteiger partial charge in [0.05, 0.1) is 7.11 Å². The molecule has 0 N–H and O–H groups in total. The van der Waals surface area contributed by atoms with Crippen molar-refractivity contribution in [3.8, 4) is 11.1 Å². The van der Waals surface area contributed by atoms with Crippen LogP contribution in [0.4, 0.5) is 0 Å². The molecule has 0 aromatic carbocycles. The van der Waals surface area contributed by atoms with Gasteiger partial charge in [0.15, 0.2) is 5.06 Å². The van der Waals surface area contributed by atoms with E-state index in [1.54, 1.807) is 19.2 Å². The molecule has 0 bridgehead atoms. The predicted octanol–water partition coefficient (Wildman–Crippen LogP) is 1.63. The van der Waals surface area contributed by atoms with E-state index in [2.05, 4.69) is 0 Å². The highest BCUT2D eigenvalue weighted by molar-refractivity contribution is 7.14. The van der Waals surface area contributed by atoms with E-state index in [-0.39, 0.29) is 0 Å². The normalized spacial score (nSPS) is 8.44. The fourth-order valence-electron chi connectivity index (χ4n) is 0.490. The average Bonchev–Trinajstić information content (AvgIpc) is 2.34. The maximum atomic E-state index is 8.35. The molecule has 0 atom stereocenters. The van der Waals surface area contributed by atoms with Gasteiger partial charge < -0.3 is 4.74 Å². The lowest BCUT2D eigenvalue weighted by Crippen LogP contribution is -1.73. The van der Waals surface area contributed by atoms with Crippen molar-refractivity contribution < 1.29 is 4.74 Å². The third kappa shape index (κ3) is 1.21. The number of rotatable bonds is 1. The fraction of sp³-hybridized carbons (Fsp3) is 0.167. The summed E-state index contributed by atoms with van der Waals surface area (Å²) >= 11 is 1.35. The molecule has 1 heterocycles. The highest BCUT2D eigenvalue weighted by Crippen LogP contribution is 2.22. The Kier molecular flexibility index (Phi) is 1.71. The Morgan fingerprint density at radius 2 is 2.44 bits per heavy atom. The van der Waals surface area contributed by atoms with Crippen molar-refractivity contribution in [2.75, 3.05) is 7.11 Å². The number of nitriles is 1. The molecule has 0 radical (unpaired) electrons. The van der Waals surface area contributed by atoms with Gasteiger partial charge in [-0.25, -0.2) is 0 Å². The summed E-state index contributed by atoms with van der Waals surface area (Å²) in [7, 11) is 1.59. The first-order valence-electron chi connectivity index (χ1n) is 2.40. The Morgan fingerprint density at radius 3 is 2.78 bits per heavy atom. The lowest BCUT2D eigenvalue weighted by Gasteiger charge is -1.86. The first-order valence-corrected chi connectivity index (χ1v) is 3.22. The molecule has 0 aliphatic carbocycles. The van der Waals surface area contributed by atoms with E-state index in [4.69, 9.17) is 10.00 Å². The molecule has 1 aromatic rings. The summed E-state index contributed by atoms with van der Waals surface area (Å²) in [6.07, 6.45) is 0. The van der Waals surface area contributed by atoms with E-state index < -0.39 is 0 Å². The van der Waals surface area contributed by atoms with Crippen LogP contribution in [0.25, 0.3) is 0 Å². The van der Waals surface area contributed by atoms with Crippen LogP contribution in [-0.4, -0.2) is 7.11 Å². The molecule has 0 saturated heterocycles. The fourth-order valence-corrected chi connectivity index (χ4v) is 1.11. The van der Waals surface area contributed by atoms with E-state index in [0.717, 1.165) is 5.06 Å². The second kappa shape index (κ2) is 2.51. The first-order chi connectivity index (χ1) is 4.36. The maximum Gasteiger partial charge on any atom is 0.174 e. The standard InChI is InChI=1S/C6H5NOS/c1-8-6-3-2-5(4-7)9-6/h2-3H,1H3. The lowest BCUT2D eigenvalue weighted by molar-refractivity contribution is 0.427. The third-order valence-electron chi connectivity index (χ3n) is 0.893. The number of hydrogen-bond acceptors (Lipinski definition) is 3. The second-order valence-electron chi connectivity index (χ2n) is 1.43. The molecule has 46 valence electrons. The molecular weight excluding hydrogens is 134 g/mol. The summed E-state index contributed by atoms with van der Waals surface area (Å²) in [5, 5.41) is 9.14. The van der Waals surface area contributed by atoms with Crippen LogP contribution in [0.2, 0.25) is 0 Å². The van der Waals surface area contributed by atoms with Gasteiger partial charge in [0.1, 0.15) is 10.9 Å². The number of methoxy groups -OCH3 is 1. The SMILES string of the molecule is COc1ccc(C#N)s1. The smallest absolute Gasteiger partial charge is 0.174 e. The number of ether oxygens (including phenoxy) is 1. The highest BCUT2D eigenvalue weighted by atomic mass is 32.1. The van der Waals surface area contributed by atoms with Crippen LogP contribution >= 0.6 is 11.3 Å². The van der Waals surface area contributed by atoms with Gasteiger partial charge in [0.2, 0.25) is 0 Å². The Hall–Kier alpha value is -1.01. The van der Waals surface area contributed by atoms with Gasteiger partial charge in [-0.1, -0.05) is 11.3 Å². The summed E-state index contributed by atoms with van der Waals surface area (Å²) in [5.41, 5.74) is 0. The van der Waals surface area contributed by atoms with Crippen LogP contribution in [0.3, 0.4) is 0 Å². The van der Waals surface area contributed by atoms with Crippen LogP contribution in [0.15, 0.2) is 12.1 Å². The van der Waals surface area contributed by atoms with Gasteiger partial charge in [-0.2, -0.15) is 5.26 Å². The van der Waals surface area contributed by atoms with E-state index in [1.165, 1.54) is 11.3 Å². The van der Waals surface area contributed by atoms with Crippen molar-refractivity contribution in [3.63, 3.8) is 0 Å². The molecule has 0 spiro atoms. The number of thiophene rings is 1. The monoisotopic (exact) mass is 139 g/mol. The topological polar surface area (TPSA) is 33.0 Å². The molecule has 2 nitrogen and oxygen atoms in total. The van der Waals surface area contributed by atoms with Gasteiger partial charge in [-0.15, -0.1) is 0 Å². The van der Waals surface area contributed by atoms with Crippen molar-refractivity contribution in [2.45, 2.75) is 0 Å². The van der Waals surface area contributed by atoms with Crippen LogP contribution in [0.1, 0.15) is 4.88 Å². The summed E-state index contributed by atoms with van der Waals surface area (Å²) in [5.74, 6) is 0. The van der Waals surface area contributed by atoms with Crippen molar-refractivity contribution in [2.24, 2.45) is 0 Å². The molecule has 0 saturated carbocycles. The molecule has 1 aromatic heterocycles. The molecule has 9 heavy (non-hydrogen) atoms. The van der Waals surface area contributed by atoms with E-state index in [1.807, 2.05) is 6.07 Å². The minimum Gasteiger partial charge on any atom is -0.487 e. The summed E-state index contributed by atoms with van der Waals surface area (Å²) in [4.78, 5) is 0.687. The zero-order valence-corrected chi connectivity index (χ0v) is 5.73. The van der Waals surface area contributed by atoms with Crippen molar-refractivity contribution in [1.82, 2.24) is 0 Å². The molecule has 0 aliphatic heterocycles. The number of hydrogen-bond donors (Lipinski definition) is 0. The molecule has 0 unspecified atom stereocenters. The summed E-state index contributed by atoms with van der Waals surface area (Å²) in [6, 6.07) is 5.54. The maximum absolute atomic E-state index is 8.35. The van der Waals surface area contributed by atoms with Crippen molar-refractivity contribution in [1.29, 1.82) is 5.26 Å². The summed E-state index contributed by atoms with van der Waals surface area (Å²) in [6.45, 7) is 0. The zero-order valence-electron chi connectivity index (χ0n) is 4.92. The summed E-state index contributed by atoms with van der Waals surface area (Å²) < 4.78 is 4.86. The highest BCUT2D eigenvalue weighted by Gasteiger charge is 1.95. The Bertz CT molecular complexity index is 235. The minimum atomic E-state index is 0.687. The number of nitrogens with zero attached hydrogens (tertiary/aromatic N) is 1. The predicted molar refractivity (Wildman–Crippen MR) is 35.6 cm³/mol. The second-order valence-corrected chi connectivity index (χ2v) is 2.48. The molecule has 0 fully saturated rings. The van der Waals surface area contributed by atoms with Crippen molar-refractivity contribution >= 4 is 11.3 Å². The average molecular weight is 139 g/mol. The van der Waals surface area contributed by atoms with Gasteiger partial charge >= 0.3 is 0 Å². The molecule has 3 heteroatoms. The zero-order chi connectivity index (χ0) is 6.69. The first kappa shape index (κ1) is 6.12. The van der Waals surface area contributed by atoms with E-state index in [9.17, 15) is 0 Å². The molecular formula is C6H5NOS. The van der Waals surface area contributed by atoms with Crippen LogP contribution in [0.5, 0.6) is 5.06 Å². The molecule has 0 aliphatic rings. The quantitative estimate of drug-likeness (QED) is 0.592. The van der Waals surface area contributed by atoms with Gasteiger partial charge in [0.25, 0.3) is 0 Å². The van der Waals surface area contributed by atoms with Crippen LogP contribution in [0, 0.1) is 11.3 Å². The molecule has 1 rings (SSSR count).